The molecule has 2 aliphatic heterocycles. The summed E-state index contributed by atoms with van der Waals surface area (Å²) in [6.45, 7) is 8.31. The van der Waals surface area contributed by atoms with Gasteiger partial charge in [-0.2, -0.15) is 0 Å². The molecule has 0 spiro atoms. The number of hydrogen-bond acceptors (Lipinski definition) is 4. The minimum atomic E-state index is -0.417. The van der Waals surface area contributed by atoms with Crippen molar-refractivity contribution in [3.05, 3.63) is 22.4 Å². The van der Waals surface area contributed by atoms with Crippen molar-refractivity contribution in [1.29, 1.82) is 0 Å². The lowest BCUT2D eigenvalue weighted by atomic mass is 9.99. The second-order valence-corrected chi connectivity index (χ2v) is 7.27. The molecule has 21 heavy (non-hydrogen) atoms. The van der Waals surface area contributed by atoms with Crippen LogP contribution in [0.3, 0.4) is 0 Å². The summed E-state index contributed by atoms with van der Waals surface area (Å²) in [6.07, 6.45) is 3.47. The predicted molar refractivity (Wildman–Crippen MR) is 86.3 cm³/mol. The fourth-order valence-electron chi connectivity index (χ4n) is 3.29. The standard InChI is InChI=1S/C16H25N3OS/c1-3-16(2)15(20)19(11-10-18-8-4-5-9-18)14(17-16)13-7-6-12-21-13/h6-7,12,14,17H,3-5,8-11H2,1-2H3. The first-order chi connectivity index (χ1) is 10.1. The Morgan fingerprint density at radius 3 is 2.76 bits per heavy atom. The van der Waals surface area contributed by atoms with Crippen LogP contribution in [0.1, 0.15) is 44.2 Å². The molecule has 2 saturated heterocycles. The molecule has 1 amide bonds. The van der Waals surface area contributed by atoms with Crippen LogP contribution in [0.2, 0.25) is 0 Å². The van der Waals surface area contributed by atoms with E-state index in [2.05, 4.69) is 34.7 Å². The highest BCUT2D eigenvalue weighted by Gasteiger charge is 2.47. The average Bonchev–Trinajstić information content (AvgIpc) is 3.21. The maximum absolute atomic E-state index is 12.8. The minimum Gasteiger partial charge on any atom is -0.319 e. The van der Waals surface area contributed by atoms with Crippen LogP contribution in [-0.4, -0.2) is 47.4 Å². The molecule has 0 bridgehead atoms. The van der Waals surface area contributed by atoms with E-state index in [1.165, 1.54) is 30.8 Å². The van der Waals surface area contributed by atoms with Crippen LogP contribution in [-0.2, 0) is 4.79 Å². The number of carbonyl (C=O) groups is 1. The lowest BCUT2D eigenvalue weighted by molar-refractivity contribution is -0.133. The zero-order valence-corrected chi connectivity index (χ0v) is 13.8. The van der Waals surface area contributed by atoms with Gasteiger partial charge in [0.15, 0.2) is 0 Å². The maximum atomic E-state index is 12.8. The molecule has 0 radical (unpaired) electrons. The molecule has 3 rings (SSSR count). The molecular weight excluding hydrogens is 282 g/mol. The summed E-state index contributed by atoms with van der Waals surface area (Å²) in [5.41, 5.74) is -0.417. The molecule has 2 fully saturated rings. The second kappa shape index (κ2) is 6.07. The quantitative estimate of drug-likeness (QED) is 0.907. The first kappa shape index (κ1) is 15.0. The summed E-state index contributed by atoms with van der Waals surface area (Å²) in [7, 11) is 0. The van der Waals surface area contributed by atoms with Crippen molar-refractivity contribution in [3.8, 4) is 0 Å². The van der Waals surface area contributed by atoms with Crippen LogP contribution < -0.4 is 5.32 Å². The largest absolute Gasteiger partial charge is 0.319 e. The minimum absolute atomic E-state index is 0.0463. The molecule has 2 aliphatic rings. The van der Waals surface area contributed by atoms with Gasteiger partial charge < -0.3 is 9.80 Å². The Bertz CT molecular complexity index is 484. The number of carbonyl (C=O) groups excluding carboxylic acids is 1. The van der Waals surface area contributed by atoms with E-state index in [0.29, 0.717) is 0 Å². The molecule has 4 nitrogen and oxygen atoms in total. The third kappa shape index (κ3) is 2.87. The van der Waals surface area contributed by atoms with Gasteiger partial charge in [-0.1, -0.05) is 13.0 Å². The topological polar surface area (TPSA) is 35.6 Å². The van der Waals surface area contributed by atoms with Crippen molar-refractivity contribution >= 4 is 17.2 Å². The summed E-state index contributed by atoms with van der Waals surface area (Å²) >= 11 is 1.73. The molecule has 0 aliphatic carbocycles. The Morgan fingerprint density at radius 2 is 2.14 bits per heavy atom. The molecular formula is C16H25N3OS. The number of thiophene rings is 1. The molecule has 1 aromatic rings. The molecule has 2 unspecified atom stereocenters. The van der Waals surface area contributed by atoms with Gasteiger partial charge in [0.2, 0.25) is 5.91 Å². The highest BCUT2D eigenvalue weighted by molar-refractivity contribution is 7.10. The Morgan fingerprint density at radius 1 is 1.38 bits per heavy atom. The van der Waals surface area contributed by atoms with Crippen LogP contribution in [0, 0.1) is 0 Å². The van der Waals surface area contributed by atoms with Crippen LogP contribution in [0.4, 0.5) is 0 Å². The molecule has 1 N–H and O–H groups in total. The van der Waals surface area contributed by atoms with Crippen molar-refractivity contribution in [2.45, 2.75) is 44.8 Å². The van der Waals surface area contributed by atoms with Crippen LogP contribution in [0.15, 0.2) is 17.5 Å². The first-order valence-electron chi connectivity index (χ1n) is 7.98. The third-order valence-corrected chi connectivity index (χ3v) is 5.80. The van der Waals surface area contributed by atoms with Crippen molar-refractivity contribution in [3.63, 3.8) is 0 Å². The Labute approximate surface area is 131 Å². The van der Waals surface area contributed by atoms with Crippen molar-refractivity contribution in [1.82, 2.24) is 15.1 Å². The molecule has 1 aromatic heterocycles. The summed E-state index contributed by atoms with van der Waals surface area (Å²) in [4.78, 5) is 18.6. The SMILES string of the molecule is CCC1(C)NC(c2cccs2)N(CCN2CCCC2)C1=O. The fraction of sp³-hybridized carbons (Fsp3) is 0.688. The lowest BCUT2D eigenvalue weighted by Crippen LogP contribution is -2.43. The normalized spacial score (nSPS) is 30.5. The number of nitrogens with zero attached hydrogens (tertiary/aromatic N) is 2. The maximum Gasteiger partial charge on any atom is 0.244 e. The number of nitrogens with one attached hydrogen (secondary N) is 1. The van der Waals surface area contributed by atoms with Crippen LogP contribution >= 0.6 is 11.3 Å². The Kier molecular flexibility index (Phi) is 4.33. The summed E-state index contributed by atoms with van der Waals surface area (Å²) in [5.74, 6) is 0.252. The van der Waals surface area contributed by atoms with E-state index < -0.39 is 5.54 Å². The number of amides is 1. The zero-order chi connectivity index (χ0) is 14.9. The van der Waals surface area contributed by atoms with Crippen molar-refractivity contribution < 1.29 is 4.79 Å². The smallest absolute Gasteiger partial charge is 0.244 e. The van der Waals surface area contributed by atoms with Gasteiger partial charge in [0.05, 0.1) is 5.54 Å². The third-order valence-electron chi connectivity index (χ3n) is 4.88. The van der Waals surface area contributed by atoms with E-state index in [9.17, 15) is 4.79 Å². The highest BCUT2D eigenvalue weighted by Crippen LogP contribution is 2.34. The van der Waals surface area contributed by atoms with Crippen molar-refractivity contribution in [2.75, 3.05) is 26.2 Å². The van der Waals surface area contributed by atoms with E-state index in [1.807, 2.05) is 11.8 Å². The van der Waals surface area contributed by atoms with Crippen LogP contribution in [0.25, 0.3) is 0 Å². The van der Waals surface area contributed by atoms with E-state index in [0.717, 1.165) is 19.5 Å². The summed E-state index contributed by atoms with van der Waals surface area (Å²) < 4.78 is 0. The van der Waals surface area contributed by atoms with E-state index in [1.54, 1.807) is 11.3 Å². The van der Waals surface area contributed by atoms with Crippen molar-refractivity contribution in [2.24, 2.45) is 0 Å². The fourth-order valence-corrected chi connectivity index (χ4v) is 4.07. The van der Waals surface area contributed by atoms with Gasteiger partial charge >= 0.3 is 0 Å². The summed E-state index contributed by atoms with van der Waals surface area (Å²) in [6, 6.07) is 4.19. The van der Waals surface area contributed by atoms with E-state index >= 15 is 0 Å². The zero-order valence-electron chi connectivity index (χ0n) is 13.0. The van der Waals surface area contributed by atoms with Gasteiger partial charge in [-0.3, -0.25) is 10.1 Å². The predicted octanol–water partition coefficient (Wildman–Crippen LogP) is 2.44. The molecule has 5 heteroatoms. The molecule has 0 aromatic carbocycles. The Hall–Kier alpha value is -0.910. The number of rotatable bonds is 5. The van der Waals surface area contributed by atoms with Crippen LogP contribution in [0.5, 0.6) is 0 Å². The first-order valence-corrected chi connectivity index (χ1v) is 8.86. The number of likely N-dealkylation sites (tertiary alicyclic amines) is 1. The van der Waals surface area contributed by atoms with Gasteiger partial charge in [0.25, 0.3) is 0 Å². The van der Waals surface area contributed by atoms with Gasteiger partial charge in [-0.15, -0.1) is 11.3 Å². The summed E-state index contributed by atoms with van der Waals surface area (Å²) in [5, 5.41) is 5.65. The monoisotopic (exact) mass is 307 g/mol. The average molecular weight is 307 g/mol. The molecule has 3 heterocycles. The van der Waals surface area contributed by atoms with E-state index in [4.69, 9.17) is 0 Å². The highest BCUT2D eigenvalue weighted by atomic mass is 32.1. The molecule has 2 atom stereocenters. The number of hydrogen-bond donors (Lipinski definition) is 1. The van der Waals surface area contributed by atoms with Gasteiger partial charge in [0.1, 0.15) is 6.17 Å². The lowest BCUT2D eigenvalue weighted by Gasteiger charge is -2.26. The molecule has 0 saturated carbocycles. The van der Waals surface area contributed by atoms with Gasteiger partial charge in [-0.25, -0.2) is 0 Å². The Balaban J connectivity index is 1.74. The van der Waals surface area contributed by atoms with Gasteiger partial charge in [0, 0.05) is 18.0 Å². The second-order valence-electron chi connectivity index (χ2n) is 6.30. The molecule has 116 valence electrons. The van der Waals surface area contributed by atoms with E-state index in [-0.39, 0.29) is 12.1 Å². The van der Waals surface area contributed by atoms with Gasteiger partial charge in [-0.05, 0) is 50.7 Å².